The topological polar surface area (TPSA) is 317 Å². The number of fused-ring (bicyclic) bond motifs is 3. The Morgan fingerprint density at radius 3 is 1.27 bits per heavy atom. The number of hydrogen-bond donors (Lipinski definition) is 4. The number of Topliss-reactive ketones (excluding diaryl/α,β-unsaturated/α-hetero) is 2. The summed E-state index contributed by atoms with van der Waals surface area (Å²) in [4.78, 5) is 116. The zero-order valence-electron chi connectivity index (χ0n) is 68.6. The number of nitrogens with zero attached hydrogens (tertiary/aromatic N) is 8. The van der Waals surface area contributed by atoms with E-state index in [0.717, 1.165) is 91.5 Å². The van der Waals surface area contributed by atoms with E-state index in [4.69, 9.17) is 19.9 Å². The Morgan fingerprint density at radius 2 is 0.854 bits per heavy atom. The van der Waals surface area contributed by atoms with E-state index in [1.165, 1.54) is 12.2 Å². The van der Waals surface area contributed by atoms with Gasteiger partial charge in [-0.3, -0.25) is 58.5 Å². The normalized spacial score (nSPS) is 10.6. The maximum atomic E-state index is 14.0. The Kier molecular flexibility index (Phi) is 44.0. The second-order valence-corrected chi connectivity index (χ2v) is 26.8. The minimum absolute atomic E-state index is 0. The first-order valence-corrected chi connectivity index (χ1v) is 38.6. The van der Waals surface area contributed by atoms with E-state index in [0.29, 0.717) is 76.6 Å². The number of pyridine rings is 7. The zero-order chi connectivity index (χ0) is 83.8. The van der Waals surface area contributed by atoms with Crippen molar-refractivity contribution >= 4 is 91.8 Å². The van der Waals surface area contributed by atoms with Gasteiger partial charge < -0.3 is 43.3 Å². The molecule has 8 heterocycles. The number of carbonyl (C=O) groups is 7. The van der Waals surface area contributed by atoms with Gasteiger partial charge >= 0.3 is 86.4 Å². The smallest absolute Gasteiger partial charge is 1.00 e. The van der Waals surface area contributed by atoms with Gasteiger partial charge in [0.05, 0.1) is 58.0 Å². The number of benzene rings is 8. The summed E-state index contributed by atoms with van der Waals surface area (Å²) in [5.41, 5.74) is 15.9. The second-order valence-electron chi connectivity index (χ2n) is 26.8. The molecular weight excluding hydrogens is 1650 g/mol. The van der Waals surface area contributed by atoms with Crippen LogP contribution < -0.4 is 79.0 Å². The number of ketones is 2. The number of hydrogen-bond acceptors (Lipinski definition) is 16. The van der Waals surface area contributed by atoms with Crippen LogP contribution in [0.15, 0.2) is 347 Å². The summed E-state index contributed by atoms with van der Waals surface area (Å²) in [5.74, 6) is -2.60. The van der Waals surface area contributed by atoms with Gasteiger partial charge in [0.25, 0.3) is 17.6 Å². The first-order valence-electron chi connectivity index (χ1n) is 38.6. The molecule has 0 bridgehead atoms. The van der Waals surface area contributed by atoms with Crippen LogP contribution >= 0.6 is 0 Å². The van der Waals surface area contributed by atoms with Crippen LogP contribution in [0.3, 0.4) is 0 Å². The van der Waals surface area contributed by atoms with Gasteiger partial charge in [-0.1, -0.05) is 177 Å². The fraction of sp³-hybridized carbons (Fsp3) is 0.131. The number of hydroxylamine groups is 2. The van der Waals surface area contributed by atoms with Crippen LogP contribution in [0.25, 0.3) is 44.3 Å². The number of carbonyl (C=O) groups excluding carboxylic acids is 5. The largest absolute Gasteiger partial charge is 2.00 e. The van der Waals surface area contributed by atoms with Gasteiger partial charge in [-0.25, -0.2) is 19.8 Å². The number of para-hydroxylation sites is 3. The number of aromatic carboxylic acids is 1. The van der Waals surface area contributed by atoms with Crippen LogP contribution in [0.1, 0.15) is 125 Å². The van der Waals surface area contributed by atoms with Crippen molar-refractivity contribution < 1.29 is 122 Å². The third-order valence-corrected chi connectivity index (χ3v) is 18.8. The fourth-order valence-corrected chi connectivity index (χ4v) is 12.6. The van der Waals surface area contributed by atoms with Gasteiger partial charge in [-0.05, 0) is 155 Å². The molecule has 0 saturated heterocycles. The van der Waals surface area contributed by atoms with Crippen molar-refractivity contribution in [2.24, 2.45) is 0 Å². The molecule has 0 saturated carbocycles. The molecule has 15 aromatic rings. The number of aromatic nitrogens is 7. The number of anilines is 1. The molecule has 1 aliphatic heterocycles. The van der Waals surface area contributed by atoms with E-state index in [2.05, 4.69) is 60.7 Å². The number of aryl methyl sites for hydroxylation is 3. The number of rotatable bonds is 22. The Bertz CT molecular complexity index is 5720. The molecule has 1 atom stereocenters. The standard InChI is InChI=1S/C31H27N3O.C22H16N2O2.C14H13NO.C10H14N2O2.C8H5NO2.C8H9NO2.C6H5.BrH.K.Mg.H2O/c1-2-27(23-11-5-3-6-12-23)34-31(35)29-25-15-9-10-16-28(25)33-30(24-13-7-4-8-14-24)26(29)21-22-17-19-32-20-18-22;25-22(26)20-17-8-4-5-9-19(17)24-21(16-6-2-1-3-7-16)18(20)14-15-10-12-23-13-11-15;16-14(13-4-2-1-3-5-13)7-6-12-8-10-15-11-9-12;1-12(14-2)10(13)4-3-9-5-7-11-8-6-9;10-7-5-3-1-2-4-6(5)9-8(7)11;10-8(11)2-1-7-3-5-9-6-4-7;1-2-4-6-5-3-1;;;;/h3-20,27H,2,21H2,1H3,(H,34,35);1-13H,14H2,(H,25,26);1-5,8-11H,6-7H2;5-8H,3-4H2,1-2H3;1-4H,(H,9,10,11);3-6H,1-2H2,(H,10,11);1-5H;1H;;;1H2/q;;;;;;-1;;+1;+2;/p-2/t27-;;;;;;;;;;/m0........../s1. The molecule has 1 aliphatic rings. The molecule has 0 radical (unpaired) electrons. The molecule has 8 aromatic carbocycles. The summed E-state index contributed by atoms with van der Waals surface area (Å²) >= 11 is 0. The van der Waals surface area contributed by atoms with Crippen LogP contribution in [-0.2, 0) is 51.3 Å². The first kappa shape index (κ1) is 99.6. The third kappa shape index (κ3) is 31.3. The van der Waals surface area contributed by atoms with Crippen molar-refractivity contribution in [3.05, 3.63) is 420 Å². The van der Waals surface area contributed by atoms with E-state index in [-0.39, 0.29) is 127 Å². The number of carboxylic acids is 2. The Morgan fingerprint density at radius 1 is 0.472 bits per heavy atom. The maximum absolute atomic E-state index is 14.0. The van der Waals surface area contributed by atoms with Crippen molar-refractivity contribution in [2.45, 2.75) is 70.8 Å². The summed E-state index contributed by atoms with van der Waals surface area (Å²) in [6.45, 7) is 2.09. The predicted molar refractivity (Wildman–Crippen MR) is 471 cm³/mol. The van der Waals surface area contributed by atoms with Gasteiger partial charge in [-0.2, -0.15) is 36.4 Å². The van der Waals surface area contributed by atoms with Gasteiger partial charge in [-0.15, -0.1) is 0 Å². The molecule has 123 heavy (non-hydrogen) atoms. The van der Waals surface area contributed by atoms with Crippen LogP contribution in [0, 0.1) is 6.07 Å². The van der Waals surface area contributed by atoms with Crippen molar-refractivity contribution in [2.75, 3.05) is 19.5 Å². The minimum Gasteiger partial charge on any atom is -1.00 e. The maximum Gasteiger partial charge on any atom is 2.00 e. The van der Waals surface area contributed by atoms with E-state index in [1.807, 2.05) is 249 Å². The molecule has 3 amide bonds. The van der Waals surface area contributed by atoms with E-state index < -0.39 is 23.6 Å². The Balaban J connectivity index is 0.000000235. The molecule has 0 aliphatic carbocycles. The SMILES string of the molecule is CC[C@H](NC(=O)c1c(Cc2ccncc2)c(-c2ccccc2)nc2ccccc12)c1ccccc1.CON(C)C(=O)CCc1ccncc1.O=C(CCc1ccncc1)c1ccccc1.O=C(O)CCc1ccncc1.O=C(O)c1c(Cc2ccncc2)c(-c2ccccc2)nc2ccccc12.O=C1Nc2ccccc2C1=O.[Br-].[K+].[Mg+2].[OH-].[c-]1ccccc1. The summed E-state index contributed by atoms with van der Waals surface area (Å²) < 4.78 is 0. The average Bonchev–Trinajstić information content (AvgIpc) is 1.53. The number of amides is 3. The zero-order valence-corrected chi connectivity index (χ0v) is 74.7. The number of nitrogens with one attached hydrogen (secondary N) is 2. The molecule has 0 fully saturated rings. The molecule has 5 N–H and O–H groups in total. The minimum atomic E-state index is -0.940. The average molecular weight is 1740 g/mol. The number of carboxylic acid groups (broad SMARTS) is 2. The van der Waals surface area contributed by atoms with Crippen LogP contribution in [0.4, 0.5) is 5.69 Å². The third-order valence-electron chi connectivity index (χ3n) is 18.8. The molecule has 16 rings (SSSR count). The van der Waals surface area contributed by atoms with Crippen molar-refractivity contribution in [3.8, 4) is 22.5 Å². The van der Waals surface area contributed by atoms with Crippen LogP contribution in [0.2, 0.25) is 0 Å². The molecule has 0 unspecified atom stereocenters. The molecule has 7 aromatic heterocycles. The van der Waals surface area contributed by atoms with Gasteiger partial charge in [0, 0.05) is 129 Å². The van der Waals surface area contributed by atoms with E-state index >= 15 is 0 Å². The predicted octanol–water partition coefficient (Wildman–Crippen LogP) is 12.1. The summed E-state index contributed by atoms with van der Waals surface area (Å²) in [7, 11) is 3.08. The molecule has 0 spiro atoms. The molecular formula is C99H90BrKMgN10O11. The molecule has 24 heteroatoms. The summed E-state index contributed by atoms with van der Waals surface area (Å²) in [6.07, 6.45) is 22.4. The van der Waals surface area contributed by atoms with Crippen molar-refractivity contribution in [1.29, 1.82) is 0 Å². The first-order chi connectivity index (χ1) is 58.2. The second kappa shape index (κ2) is 54.3. The summed E-state index contributed by atoms with van der Waals surface area (Å²) in [6, 6.07) is 93.0. The van der Waals surface area contributed by atoms with Crippen LogP contribution in [0.5, 0.6) is 0 Å². The monoisotopic (exact) mass is 1740 g/mol. The Hall–Kier alpha value is -12.2. The van der Waals surface area contributed by atoms with E-state index in [9.17, 15) is 38.7 Å². The Labute approximate surface area is 784 Å². The van der Waals surface area contributed by atoms with Crippen molar-refractivity contribution in [1.82, 2.24) is 45.3 Å². The molecule has 21 nitrogen and oxygen atoms in total. The van der Waals surface area contributed by atoms with Gasteiger partial charge in [0.1, 0.15) is 0 Å². The fourth-order valence-electron chi connectivity index (χ4n) is 12.6. The summed E-state index contributed by atoms with van der Waals surface area (Å²) in [5, 5.41) is 26.9. The molecule has 612 valence electrons. The van der Waals surface area contributed by atoms with Gasteiger partial charge in [0.2, 0.25) is 5.91 Å². The van der Waals surface area contributed by atoms with Gasteiger partial charge in [0.15, 0.2) is 5.78 Å². The van der Waals surface area contributed by atoms with E-state index in [1.54, 1.807) is 93.3 Å². The van der Waals surface area contributed by atoms with Crippen LogP contribution in [-0.4, -0.2) is 134 Å². The van der Waals surface area contributed by atoms with Crippen molar-refractivity contribution in [3.63, 3.8) is 0 Å². The quantitative estimate of drug-likeness (QED) is 0.0161. The number of aliphatic carboxylic acids is 1. The number of halogens is 1.